The van der Waals surface area contributed by atoms with Gasteiger partial charge in [-0.15, -0.1) is 0 Å². The van der Waals surface area contributed by atoms with Gasteiger partial charge in [0.15, 0.2) is 0 Å². The molecule has 1 unspecified atom stereocenters. The number of ether oxygens (including phenoxy) is 1. The van der Waals surface area contributed by atoms with E-state index in [4.69, 9.17) is 4.74 Å². The van der Waals surface area contributed by atoms with Crippen LogP contribution < -0.4 is 9.64 Å². The number of nitrogens with zero attached hydrogens (tertiary/aromatic N) is 2. The van der Waals surface area contributed by atoms with E-state index in [1.54, 1.807) is 49.7 Å². The molecule has 6 nitrogen and oxygen atoms in total. The van der Waals surface area contributed by atoms with E-state index in [1.807, 2.05) is 38.1 Å². The van der Waals surface area contributed by atoms with Gasteiger partial charge in [-0.1, -0.05) is 52.8 Å². The first-order valence-corrected chi connectivity index (χ1v) is 12.1. The number of hydrogen-bond acceptors (Lipinski definition) is 5. The molecule has 1 amide bonds. The maximum absolute atomic E-state index is 13.4. The molecule has 0 radical (unpaired) electrons. The number of rotatable bonds is 5. The normalized spacial score (nSPS) is 17.6. The molecule has 3 aromatic rings. The van der Waals surface area contributed by atoms with Gasteiger partial charge in [-0.2, -0.15) is 0 Å². The van der Waals surface area contributed by atoms with Crippen molar-refractivity contribution in [1.82, 2.24) is 4.98 Å². The number of ketones is 1. The molecule has 2 heterocycles. The zero-order valence-corrected chi connectivity index (χ0v) is 21.6. The van der Waals surface area contributed by atoms with Crippen LogP contribution in [0.5, 0.6) is 5.75 Å². The number of carbonyl (C=O) groups excluding carboxylic acids is 2. The first-order valence-electron chi connectivity index (χ1n) is 12.1. The Hall–Kier alpha value is -3.93. The molecule has 0 spiro atoms. The summed E-state index contributed by atoms with van der Waals surface area (Å²) < 4.78 is 5.47. The number of aromatic nitrogens is 1. The van der Waals surface area contributed by atoms with Gasteiger partial charge in [0, 0.05) is 17.4 Å². The van der Waals surface area contributed by atoms with Crippen molar-refractivity contribution < 1.29 is 19.4 Å². The van der Waals surface area contributed by atoms with Gasteiger partial charge in [0.25, 0.3) is 11.7 Å². The Morgan fingerprint density at radius 3 is 2.28 bits per heavy atom. The predicted molar refractivity (Wildman–Crippen MR) is 141 cm³/mol. The van der Waals surface area contributed by atoms with Crippen molar-refractivity contribution in [1.29, 1.82) is 0 Å². The van der Waals surface area contributed by atoms with Crippen molar-refractivity contribution in [3.05, 3.63) is 94.8 Å². The molecule has 1 aromatic heterocycles. The second-order valence-corrected chi connectivity index (χ2v) is 10.3. The molecule has 1 atom stereocenters. The Morgan fingerprint density at radius 2 is 1.72 bits per heavy atom. The van der Waals surface area contributed by atoms with Crippen molar-refractivity contribution >= 4 is 23.1 Å². The third-order valence-corrected chi connectivity index (χ3v) is 6.55. The van der Waals surface area contributed by atoms with Gasteiger partial charge >= 0.3 is 0 Å². The van der Waals surface area contributed by atoms with E-state index in [1.165, 1.54) is 4.90 Å². The summed E-state index contributed by atoms with van der Waals surface area (Å²) in [4.78, 5) is 32.6. The lowest BCUT2D eigenvalue weighted by Gasteiger charge is -2.26. The third kappa shape index (κ3) is 4.51. The number of carbonyl (C=O) groups is 2. The summed E-state index contributed by atoms with van der Waals surface area (Å²) in [5.74, 6) is -0.856. The molecule has 1 N–H and O–H groups in total. The van der Waals surface area contributed by atoms with E-state index in [2.05, 4.69) is 25.8 Å². The number of anilines is 1. The number of pyridine rings is 1. The lowest BCUT2D eigenvalue weighted by atomic mass is 9.87. The minimum Gasteiger partial charge on any atom is -0.507 e. The molecule has 36 heavy (non-hydrogen) atoms. The molecule has 0 bridgehead atoms. The average Bonchev–Trinajstić information content (AvgIpc) is 3.13. The topological polar surface area (TPSA) is 79.7 Å². The van der Waals surface area contributed by atoms with E-state index >= 15 is 0 Å². The zero-order chi connectivity index (χ0) is 26.2. The molecule has 2 aromatic carbocycles. The van der Waals surface area contributed by atoms with Crippen LogP contribution in [0.25, 0.3) is 5.76 Å². The van der Waals surface area contributed by atoms with Gasteiger partial charge in [0.05, 0.1) is 18.4 Å². The highest BCUT2D eigenvalue weighted by molar-refractivity contribution is 6.51. The number of benzene rings is 2. The molecule has 4 rings (SSSR count). The molecular formula is C30H32N2O4. The molecule has 186 valence electrons. The maximum Gasteiger partial charge on any atom is 0.300 e. The van der Waals surface area contributed by atoms with Crippen LogP contribution in [0.4, 0.5) is 5.69 Å². The van der Waals surface area contributed by atoms with Crippen LogP contribution in [0.1, 0.15) is 69.0 Å². The van der Waals surface area contributed by atoms with Crippen molar-refractivity contribution in [3.8, 4) is 5.75 Å². The second kappa shape index (κ2) is 9.61. The van der Waals surface area contributed by atoms with E-state index in [0.29, 0.717) is 22.7 Å². The van der Waals surface area contributed by atoms with Gasteiger partial charge < -0.3 is 9.84 Å². The van der Waals surface area contributed by atoms with Gasteiger partial charge in [0.1, 0.15) is 17.6 Å². The summed E-state index contributed by atoms with van der Waals surface area (Å²) >= 11 is 0. The van der Waals surface area contributed by atoms with Crippen LogP contribution in [-0.4, -0.2) is 28.9 Å². The molecule has 1 aliphatic heterocycles. The van der Waals surface area contributed by atoms with Crippen molar-refractivity contribution in [2.45, 2.75) is 52.0 Å². The zero-order valence-electron chi connectivity index (χ0n) is 21.6. The molecule has 0 aliphatic carbocycles. The van der Waals surface area contributed by atoms with E-state index in [0.717, 1.165) is 11.1 Å². The highest BCUT2D eigenvalue weighted by Crippen LogP contribution is 2.42. The van der Waals surface area contributed by atoms with Gasteiger partial charge in [-0.05, 0) is 64.9 Å². The predicted octanol–water partition coefficient (Wildman–Crippen LogP) is 6.14. The molecule has 1 aliphatic rings. The monoisotopic (exact) mass is 484 g/mol. The van der Waals surface area contributed by atoms with E-state index < -0.39 is 17.7 Å². The molecule has 1 fully saturated rings. The number of Topliss-reactive ketones (excluding diaryl/α,β-unsaturated/α-hetero) is 1. The van der Waals surface area contributed by atoms with E-state index in [-0.39, 0.29) is 22.7 Å². The Balaban J connectivity index is 1.90. The second-order valence-electron chi connectivity index (χ2n) is 10.3. The standard InChI is InChI=1S/C30H32N2O4/c1-18(2)22-17-19(10-15-24(22)36-6)27(33)25-26(23-9-7-8-16-31-23)32(29(35)28(25)34)21-13-11-20(12-14-21)30(3,4)5/h7-18,26,33H,1-6H3/b27-25-. The number of aliphatic hydroxyl groups excluding tert-OH is 1. The molecule has 0 saturated carbocycles. The molecule has 1 saturated heterocycles. The fraction of sp³-hybridized carbons (Fsp3) is 0.300. The minimum atomic E-state index is -0.865. The van der Waals surface area contributed by atoms with Crippen molar-refractivity contribution in [3.63, 3.8) is 0 Å². The van der Waals surface area contributed by atoms with Crippen LogP contribution in [-0.2, 0) is 15.0 Å². The van der Waals surface area contributed by atoms with Crippen LogP contribution in [0, 0.1) is 0 Å². The fourth-order valence-electron chi connectivity index (χ4n) is 4.53. The quantitative estimate of drug-likeness (QED) is 0.267. The van der Waals surface area contributed by atoms with Crippen LogP contribution in [0.15, 0.2) is 72.4 Å². The van der Waals surface area contributed by atoms with Gasteiger partial charge in [-0.3, -0.25) is 19.5 Å². The highest BCUT2D eigenvalue weighted by Gasteiger charge is 2.47. The summed E-state index contributed by atoms with van der Waals surface area (Å²) in [5.41, 5.74) is 3.46. The minimum absolute atomic E-state index is 0.0125. The Kier molecular flexibility index (Phi) is 6.72. The number of methoxy groups -OCH3 is 1. The number of hydrogen-bond donors (Lipinski definition) is 1. The van der Waals surface area contributed by atoms with Crippen LogP contribution in [0.3, 0.4) is 0 Å². The summed E-state index contributed by atoms with van der Waals surface area (Å²) in [6, 6.07) is 17.3. The average molecular weight is 485 g/mol. The third-order valence-electron chi connectivity index (χ3n) is 6.55. The van der Waals surface area contributed by atoms with E-state index in [9.17, 15) is 14.7 Å². The van der Waals surface area contributed by atoms with Crippen molar-refractivity contribution in [2.24, 2.45) is 0 Å². The number of amides is 1. The maximum atomic E-state index is 13.4. The summed E-state index contributed by atoms with van der Waals surface area (Å²) in [6.07, 6.45) is 1.61. The lowest BCUT2D eigenvalue weighted by molar-refractivity contribution is -0.132. The first-order chi connectivity index (χ1) is 17.0. The Bertz CT molecular complexity index is 1320. The fourth-order valence-corrected chi connectivity index (χ4v) is 4.53. The van der Waals surface area contributed by atoms with Crippen molar-refractivity contribution in [2.75, 3.05) is 12.0 Å². The summed E-state index contributed by atoms with van der Waals surface area (Å²) in [5, 5.41) is 11.4. The molecular weight excluding hydrogens is 452 g/mol. The summed E-state index contributed by atoms with van der Waals surface area (Å²) in [7, 11) is 1.60. The van der Waals surface area contributed by atoms with Crippen LogP contribution >= 0.6 is 0 Å². The van der Waals surface area contributed by atoms with Gasteiger partial charge in [-0.25, -0.2) is 0 Å². The Labute approximate surface area is 212 Å². The highest BCUT2D eigenvalue weighted by atomic mass is 16.5. The van der Waals surface area contributed by atoms with Crippen LogP contribution in [0.2, 0.25) is 0 Å². The Morgan fingerprint density at radius 1 is 1.03 bits per heavy atom. The first kappa shape index (κ1) is 25.2. The largest absolute Gasteiger partial charge is 0.507 e. The number of aliphatic hydroxyl groups is 1. The lowest BCUT2D eigenvalue weighted by Crippen LogP contribution is -2.30. The SMILES string of the molecule is COc1ccc(/C(O)=C2/C(=O)C(=O)N(c3ccc(C(C)(C)C)cc3)C2c2ccccn2)cc1C(C)C. The van der Waals surface area contributed by atoms with Gasteiger partial charge in [0.2, 0.25) is 0 Å². The smallest absolute Gasteiger partial charge is 0.300 e. The molecule has 6 heteroatoms. The summed E-state index contributed by atoms with van der Waals surface area (Å²) in [6.45, 7) is 10.4.